The number of alkyl carbamates (subject to hydrolysis) is 1. The van der Waals surface area contributed by atoms with Crippen molar-refractivity contribution in [3.63, 3.8) is 0 Å². The Kier molecular flexibility index (Phi) is 12.4. The van der Waals surface area contributed by atoms with Gasteiger partial charge in [-0.15, -0.1) is 0 Å². The van der Waals surface area contributed by atoms with Gasteiger partial charge in [0.2, 0.25) is 0 Å². The number of amides is 2. The van der Waals surface area contributed by atoms with Gasteiger partial charge in [-0.25, -0.2) is 10.2 Å². The minimum atomic E-state index is -0.953. The summed E-state index contributed by atoms with van der Waals surface area (Å²) in [5.74, 6) is -0.753. The Labute approximate surface area is 366 Å². The fourth-order valence-electron chi connectivity index (χ4n) is 9.87. The van der Waals surface area contributed by atoms with Crippen molar-refractivity contribution in [2.75, 3.05) is 51.3 Å². The van der Waals surface area contributed by atoms with Gasteiger partial charge in [0.1, 0.15) is 17.7 Å². The van der Waals surface area contributed by atoms with Crippen molar-refractivity contribution in [2.45, 2.75) is 123 Å². The molecule has 0 radical (unpaired) electrons. The van der Waals surface area contributed by atoms with Crippen molar-refractivity contribution in [3.8, 4) is 22.4 Å². The molecular formula is C49H65N7O6. The molecular weight excluding hydrogens is 783 g/mol. The number of esters is 1. The van der Waals surface area contributed by atoms with Gasteiger partial charge < -0.3 is 29.0 Å². The number of carbonyl (C=O) groups is 3. The van der Waals surface area contributed by atoms with Crippen LogP contribution in [0.25, 0.3) is 33.3 Å². The molecule has 2 aromatic heterocycles. The predicted molar refractivity (Wildman–Crippen MR) is 242 cm³/mol. The third kappa shape index (κ3) is 9.21. The lowest BCUT2D eigenvalue weighted by atomic mass is 9.84. The monoisotopic (exact) mass is 847 g/mol. The van der Waals surface area contributed by atoms with E-state index in [1.54, 1.807) is 27.9 Å². The number of benzene rings is 2. The molecule has 6 heterocycles. The number of aromatic nitrogens is 2. The SMILES string of the molecule is CCn1c(-c2cc(N3CCN4CCC[C@@H]4C3)cnc2[C@H](C)OC)c2c3cc(ccc31)-c1cccc(c1)C[C@H](NC(=O)OC(C)(C)C)C(=O)N1CCC[C@H](N1)C(=O)OCC(C)(C)C2. The van der Waals surface area contributed by atoms with Crippen molar-refractivity contribution < 1.29 is 28.6 Å². The minimum absolute atomic E-state index is 0.173. The zero-order chi connectivity index (χ0) is 43.9. The third-order valence-corrected chi connectivity index (χ3v) is 13.0. The standard InChI is InChI=1S/C49H65N7O6/c1-9-55-42-18-17-34-25-37(42)39(44(55)38-26-36(28-50-43(38)31(2)60-8)54-22-21-53-19-11-15-35(53)29-54)27-49(6,7)30-61-46(58)40-16-12-20-56(52-40)45(57)41(51-47(59)62-48(3,4)5)24-32-13-10-14-33(34)23-32/h10,13-14,17-18,23,25-26,28,31,35,40-41,52H,9,11-12,15-16,19-22,24,27,29-30H2,1-8H3,(H,51,59)/t31-,35+,40-,41-/m0/s1. The third-order valence-electron chi connectivity index (χ3n) is 13.0. The van der Waals surface area contributed by atoms with Crippen LogP contribution in [0.3, 0.4) is 0 Å². The lowest BCUT2D eigenvalue weighted by Gasteiger charge is -2.39. The predicted octanol–water partition coefficient (Wildman–Crippen LogP) is 7.44. The molecule has 4 atom stereocenters. The van der Waals surface area contributed by atoms with Crippen molar-refractivity contribution in [1.82, 2.24) is 30.2 Å². The molecule has 3 saturated heterocycles. The van der Waals surface area contributed by atoms with Gasteiger partial charge in [0, 0.05) is 74.2 Å². The number of methoxy groups -OCH3 is 1. The molecule has 0 saturated carbocycles. The summed E-state index contributed by atoms with van der Waals surface area (Å²) in [4.78, 5) is 51.6. The summed E-state index contributed by atoms with van der Waals surface area (Å²) in [6.45, 7) is 19.4. The number of aryl methyl sites for hydroxylation is 1. The first kappa shape index (κ1) is 43.7. The minimum Gasteiger partial charge on any atom is -0.464 e. The molecule has 13 heteroatoms. The Morgan fingerprint density at radius 1 is 1.03 bits per heavy atom. The first-order valence-corrected chi connectivity index (χ1v) is 22.6. The van der Waals surface area contributed by atoms with Crippen molar-refractivity contribution in [1.29, 1.82) is 0 Å². The van der Waals surface area contributed by atoms with Gasteiger partial charge in [-0.1, -0.05) is 44.2 Å². The molecule has 13 nitrogen and oxygen atoms in total. The number of anilines is 1. The molecule has 0 unspecified atom stereocenters. The van der Waals surface area contributed by atoms with E-state index in [-0.39, 0.29) is 25.0 Å². The lowest BCUT2D eigenvalue weighted by molar-refractivity contribution is -0.155. The van der Waals surface area contributed by atoms with E-state index in [1.165, 1.54) is 30.0 Å². The molecule has 8 rings (SSSR count). The maximum absolute atomic E-state index is 14.2. The molecule has 62 heavy (non-hydrogen) atoms. The maximum atomic E-state index is 14.2. The molecule has 0 spiro atoms. The number of nitrogens with one attached hydrogen (secondary N) is 2. The van der Waals surface area contributed by atoms with Crippen molar-refractivity contribution >= 4 is 34.6 Å². The topological polar surface area (TPSA) is 130 Å². The molecule has 4 aromatic rings. The molecule has 3 fully saturated rings. The number of carbonyl (C=O) groups excluding carboxylic acids is 3. The number of pyridine rings is 1. The van der Waals surface area contributed by atoms with Crippen molar-refractivity contribution in [3.05, 3.63) is 71.5 Å². The molecule has 4 aliphatic rings. The summed E-state index contributed by atoms with van der Waals surface area (Å²) in [6, 6.07) is 16.1. The zero-order valence-electron chi connectivity index (χ0n) is 37.9. The van der Waals surface area contributed by atoms with E-state index in [0.29, 0.717) is 31.8 Å². The number of hydrogen-bond donors (Lipinski definition) is 2. The van der Waals surface area contributed by atoms with Crippen LogP contribution >= 0.6 is 0 Å². The van der Waals surface area contributed by atoms with E-state index in [2.05, 4.69) is 89.2 Å². The number of ether oxygens (including phenoxy) is 3. The van der Waals surface area contributed by atoms with Gasteiger partial charge in [0.15, 0.2) is 0 Å². The maximum Gasteiger partial charge on any atom is 0.408 e. The highest BCUT2D eigenvalue weighted by Gasteiger charge is 2.37. The normalized spacial score (nSPS) is 22.8. The zero-order valence-corrected chi connectivity index (χ0v) is 37.9. The van der Waals surface area contributed by atoms with E-state index in [9.17, 15) is 14.4 Å². The van der Waals surface area contributed by atoms with E-state index in [0.717, 1.165) is 76.4 Å². The first-order valence-electron chi connectivity index (χ1n) is 22.6. The lowest BCUT2D eigenvalue weighted by Crippen LogP contribution is -2.60. The van der Waals surface area contributed by atoms with Crippen LogP contribution in [0.1, 0.15) is 97.1 Å². The van der Waals surface area contributed by atoms with Gasteiger partial charge in [-0.2, -0.15) is 0 Å². The quantitative estimate of drug-likeness (QED) is 0.189. The number of hydrogen-bond acceptors (Lipinski definition) is 10. The molecule has 0 aliphatic carbocycles. The smallest absolute Gasteiger partial charge is 0.408 e. The van der Waals surface area contributed by atoms with Crippen LogP contribution in [0.4, 0.5) is 10.5 Å². The number of hydrazine groups is 1. The Bertz CT molecular complexity index is 2320. The van der Waals surface area contributed by atoms with E-state index in [1.807, 2.05) is 18.3 Å². The number of nitrogens with zero attached hydrogens (tertiary/aromatic N) is 5. The Balaban J connectivity index is 1.27. The van der Waals surface area contributed by atoms with E-state index >= 15 is 0 Å². The Morgan fingerprint density at radius 3 is 2.60 bits per heavy atom. The molecule has 332 valence electrons. The number of rotatable bonds is 6. The highest BCUT2D eigenvalue weighted by Crippen LogP contribution is 2.43. The fourth-order valence-corrected chi connectivity index (χ4v) is 9.87. The second-order valence-corrected chi connectivity index (χ2v) is 19.5. The van der Waals surface area contributed by atoms with Gasteiger partial charge in [0.05, 0.1) is 36.0 Å². The molecule has 2 amide bonds. The number of fused-ring (bicyclic) bond motifs is 7. The Hall–Kier alpha value is -4.98. The summed E-state index contributed by atoms with van der Waals surface area (Å²) in [5.41, 5.74) is 11.3. The molecule has 2 N–H and O–H groups in total. The highest BCUT2D eigenvalue weighted by atomic mass is 16.6. The van der Waals surface area contributed by atoms with Crippen molar-refractivity contribution in [2.24, 2.45) is 5.41 Å². The van der Waals surface area contributed by atoms with Crippen LogP contribution in [0.2, 0.25) is 0 Å². The van der Waals surface area contributed by atoms with Gasteiger partial charge in [0.25, 0.3) is 5.91 Å². The van der Waals surface area contributed by atoms with E-state index < -0.39 is 35.2 Å². The molecule has 4 aliphatic heterocycles. The molecule has 2 aromatic carbocycles. The van der Waals surface area contributed by atoms with Gasteiger partial charge in [-0.05, 0) is 114 Å². The average molecular weight is 848 g/mol. The first-order chi connectivity index (χ1) is 29.6. The summed E-state index contributed by atoms with van der Waals surface area (Å²) in [5, 5.41) is 5.43. The summed E-state index contributed by atoms with van der Waals surface area (Å²) < 4.78 is 20.2. The summed E-state index contributed by atoms with van der Waals surface area (Å²) >= 11 is 0. The fraction of sp³-hybridized carbons (Fsp3) is 0.551. The summed E-state index contributed by atoms with van der Waals surface area (Å²) in [7, 11) is 1.74. The van der Waals surface area contributed by atoms with Crippen LogP contribution in [0.5, 0.6) is 0 Å². The molecule has 6 bridgehead atoms. The second-order valence-electron chi connectivity index (χ2n) is 19.5. The van der Waals surface area contributed by atoms with Gasteiger partial charge in [-0.3, -0.25) is 24.5 Å². The number of cyclic esters (lactones) is 1. The van der Waals surface area contributed by atoms with Crippen LogP contribution in [-0.2, 0) is 43.2 Å². The summed E-state index contributed by atoms with van der Waals surface area (Å²) in [6.07, 6.45) is 5.54. The second kappa shape index (κ2) is 17.7. The van der Waals surface area contributed by atoms with Crippen LogP contribution in [0.15, 0.2) is 54.7 Å². The van der Waals surface area contributed by atoms with Crippen LogP contribution in [-0.4, -0.2) is 108 Å². The Morgan fingerprint density at radius 2 is 1.82 bits per heavy atom. The van der Waals surface area contributed by atoms with Gasteiger partial charge >= 0.3 is 12.1 Å². The number of piperazine rings is 1. The average Bonchev–Trinajstić information content (AvgIpc) is 3.85. The highest BCUT2D eigenvalue weighted by molar-refractivity contribution is 5.96. The van der Waals surface area contributed by atoms with E-state index in [4.69, 9.17) is 19.2 Å². The largest absolute Gasteiger partial charge is 0.464 e. The van der Waals surface area contributed by atoms with Crippen LogP contribution in [0, 0.1) is 5.41 Å². The van der Waals surface area contributed by atoms with Crippen LogP contribution < -0.4 is 15.6 Å².